The summed E-state index contributed by atoms with van der Waals surface area (Å²) in [5.41, 5.74) is 13.0. The highest BCUT2D eigenvalue weighted by atomic mass is 32.2. The summed E-state index contributed by atoms with van der Waals surface area (Å²) in [5.74, 6) is 0. The van der Waals surface area contributed by atoms with Crippen LogP contribution in [0.1, 0.15) is 33.4 Å². The standard InChI is InChI=1S/C17H23NO2S/c1-8-11(4)15-14(16(18)12(8)5)10(3)9(2)13(6)17(15)21(7,19)20/h18H2,1-7H3. The molecule has 21 heavy (non-hydrogen) atoms. The van der Waals surface area contributed by atoms with Crippen LogP contribution in [-0.2, 0) is 9.84 Å². The number of benzene rings is 2. The molecule has 0 bridgehead atoms. The van der Waals surface area contributed by atoms with Gasteiger partial charge in [-0.05, 0) is 74.9 Å². The van der Waals surface area contributed by atoms with Crippen molar-refractivity contribution in [2.45, 2.75) is 46.4 Å². The fourth-order valence-electron chi connectivity index (χ4n) is 3.14. The predicted octanol–water partition coefficient (Wildman–Crippen LogP) is 3.68. The smallest absolute Gasteiger partial charge is 0.176 e. The molecule has 2 aromatic rings. The molecule has 0 aliphatic heterocycles. The molecule has 2 aromatic carbocycles. The Morgan fingerprint density at radius 3 is 1.57 bits per heavy atom. The fourth-order valence-corrected chi connectivity index (χ4v) is 4.48. The highest BCUT2D eigenvalue weighted by Gasteiger charge is 2.23. The molecule has 0 atom stereocenters. The largest absolute Gasteiger partial charge is 0.398 e. The number of sulfone groups is 1. The number of aryl methyl sites for hydroxylation is 2. The lowest BCUT2D eigenvalue weighted by Crippen LogP contribution is -2.09. The molecule has 0 heterocycles. The van der Waals surface area contributed by atoms with E-state index in [0.29, 0.717) is 10.6 Å². The monoisotopic (exact) mass is 305 g/mol. The number of nitrogen functional groups attached to an aromatic ring is 1. The molecular formula is C17H23NO2S. The molecule has 0 unspecified atom stereocenters. The number of hydrogen-bond acceptors (Lipinski definition) is 3. The van der Waals surface area contributed by atoms with Crippen LogP contribution in [0.4, 0.5) is 5.69 Å². The normalized spacial score (nSPS) is 12.1. The Kier molecular flexibility index (Phi) is 3.57. The van der Waals surface area contributed by atoms with Gasteiger partial charge in [0.15, 0.2) is 9.84 Å². The topological polar surface area (TPSA) is 60.2 Å². The van der Waals surface area contributed by atoms with Crippen LogP contribution >= 0.6 is 0 Å². The Morgan fingerprint density at radius 1 is 0.667 bits per heavy atom. The maximum absolute atomic E-state index is 12.4. The van der Waals surface area contributed by atoms with Crippen molar-refractivity contribution in [1.82, 2.24) is 0 Å². The molecule has 0 saturated heterocycles. The lowest BCUT2D eigenvalue weighted by Gasteiger charge is -2.21. The molecule has 3 nitrogen and oxygen atoms in total. The van der Waals surface area contributed by atoms with Crippen molar-refractivity contribution in [1.29, 1.82) is 0 Å². The summed E-state index contributed by atoms with van der Waals surface area (Å²) < 4.78 is 24.7. The Morgan fingerprint density at radius 2 is 1.10 bits per heavy atom. The van der Waals surface area contributed by atoms with Crippen LogP contribution in [0.5, 0.6) is 0 Å². The minimum absolute atomic E-state index is 0.424. The second kappa shape index (κ2) is 4.73. The number of nitrogens with two attached hydrogens (primary N) is 1. The van der Waals surface area contributed by atoms with Crippen molar-refractivity contribution in [3.8, 4) is 0 Å². The van der Waals surface area contributed by atoms with Crippen LogP contribution < -0.4 is 5.73 Å². The van der Waals surface area contributed by atoms with Gasteiger partial charge in [-0.25, -0.2) is 8.42 Å². The summed E-state index contributed by atoms with van der Waals surface area (Å²) in [6, 6.07) is 0. The Labute approximate surface area is 127 Å². The minimum atomic E-state index is -3.32. The zero-order valence-electron chi connectivity index (χ0n) is 13.8. The van der Waals surface area contributed by atoms with Gasteiger partial charge in [0.25, 0.3) is 0 Å². The Bertz CT molecular complexity index is 870. The van der Waals surface area contributed by atoms with Crippen molar-refractivity contribution >= 4 is 26.3 Å². The van der Waals surface area contributed by atoms with E-state index in [0.717, 1.165) is 44.2 Å². The summed E-state index contributed by atoms with van der Waals surface area (Å²) in [6.45, 7) is 11.8. The fraction of sp³-hybridized carbons (Fsp3) is 0.412. The van der Waals surface area contributed by atoms with E-state index < -0.39 is 9.84 Å². The minimum Gasteiger partial charge on any atom is -0.398 e. The summed E-state index contributed by atoms with van der Waals surface area (Å²) in [7, 11) is -3.32. The highest BCUT2D eigenvalue weighted by molar-refractivity contribution is 7.91. The molecule has 2 N–H and O–H groups in total. The molecule has 0 radical (unpaired) electrons. The van der Waals surface area contributed by atoms with E-state index in [1.807, 2.05) is 41.5 Å². The Balaban J connectivity index is 3.35. The van der Waals surface area contributed by atoms with Crippen molar-refractivity contribution in [2.24, 2.45) is 0 Å². The maximum atomic E-state index is 12.4. The average molecular weight is 305 g/mol. The van der Waals surface area contributed by atoms with Gasteiger partial charge in [0.2, 0.25) is 0 Å². The molecular weight excluding hydrogens is 282 g/mol. The first-order chi connectivity index (χ1) is 9.50. The number of rotatable bonds is 1. The zero-order valence-corrected chi connectivity index (χ0v) is 14.6. The molecule has 0 aromatic heterocycles. The summed E-state index contributed by atoms with van der Waals surface area (Å²) in [6.07, 6.45) is 1.27. The summed E-state index contributed by atoms with van der Waals surface area (Å²) in [4.78, 5) is 0.424. The highest BCUT2D eigenvalue weighted by Crippen LogP contribution is 2.40. The second-order valence-electron chi connectivity index (χ2n) is 6.01. The SMILES string of the molecule is Cc1c(C)c(S(C)(=O)=O)c2c(C)c(C)c(C)c(N)c2c1C. The van der Waals surface area contributed by atoms with Gasteiger partial charge in [0.1, 0.15) is 0 Å². The van der Waals surface area contributed by atoms with Crippen molar-refractivity contribution < 1.29 is 8.42 Å². The predicted molar refractivity (Wildman–Crippen MR) is 89.9 cm³/mol. The molecule has 114 valence electrons. The van der Waals surface area contributed by atoms with Gasteiger partial charge in [0.05, 0.1) is 4.90 Å². The molecule has 0 aliphatic rings. The third kappa shape index (κ3) is 2.13. The van der Waals surface area contributed by atoms with Gasteiger partial charge >= 0.3 is 0 Å². The molecule has 0 fully saturated rings. The van der Waals surface area contributed by atoms with Gasteiger partial charge in [-0.3, -0.25) is 0 Å². The van der Waals surface area contributed by atoms with E-state index >= 15 is 0 Å². The van der Waals surface area contributed by atoms with E-state index in [1.54, 1.807) is 0 Å². The van der Waals surface area contributed by atoms with E-state index in [4.69, 9.17) is 5.73 Å². The molecule has 0 saturated carbocycles. The molecule has 0 spiro atoms. The van der Waals surface area contributed by atoms with Crippen LogP contribution in [0.3, 0.4) is 0 Å². The van der Waals surface area contributed by atoms with Gasteiger partial charge in [-0.1, -0.05) is 0 Å². The lowest BCUT2D eigenvalue weighted by atomic mass is 9.88. The number of fused-ring (bicyclic) bond motifs is 1. The van der Waals surface area contributed by atoms with Gasteiger partial charge in [-0.15, -0.1) is 0 Å². The maximum Gasteiger partial charge on any atom is 0.176 e. The van der Waals surface area contributed by atoms with Crippen LogP contribution in [0.25, 0.3) is 10.8 Å². The first-order valence-corrected chi connectivity index (χ1v) is 8.88. The second-order valence-corrected chi connectivity index (χ2v) is 7.97. The van der Waals surface area contributed by atoms with Gasteiger partial charge in [0, 0.05) is 22.7 Å². The van der Waals surface area contributed by atoms with Crippen molar-refractivity contribution in [2.75, 3.05) is 12.0 Å². The molecule has 0 amide bonds. The molecule has 2 rings (SSSR count). The van der Waals surface area contributed by atoms with Crippen LogP contribution in [0.15, 0.2) is 4.90 Å². The van der Waals surface area contributed by atoms with Gasteiger partial charge in [-0.2, -0.15) is 0 Å². The van der Waals surface area contributed by atoms with Gasteiger partial charge < -0.3 is 5.73 Å². The first-order valence-electron chi connectivity index (χ1n) is 6.98. The Hall–Kier alpha value is -1.55. The third-order valence-electron chi connectivity index (χ3n) is 4.86. The average Bonchev–Trinajstić information content (AvgIpc) is 2.38. The molecule has 4 heteroatoms. The lowest BCUT2D eigenvalue weighted by molar-refractivity contribution is 0.602. The zero-order chi connectivity index (χ0) is 16.3. The van der Waals surface area contributed by atoms with E-state index in [-0.39, 0.29) is 0 Å². The first kappa shape index (κ1) is 15.8. The summed E-state index contributed by atoms with van der Waals surface area (Å²) >= 11 is 0. The quantitative estimate of drug-likeness (QED) is 0.818. The van der Waals surface area contributed by atoms with E-state index in [9.17, 15) is 8.42 Å². The van der Waals surface area contributed by atoms with Crippen LogP contribution in [0, 0.1) is 41.5 Å². The van der Waals surface area contributed by atoms with E-state index in [2.05, 4.69) is 0 Å². The van der Waals surface area contributed by atoms with Crippen molar-refractivity contribution in [3.63, 3.8) is 0 Å². The van der Waals surface area contributed by atoms with Crippen LogP contribution in [0.2, 0.25) is 0 Å². The third-order valence-corrected chi connectivity index (χ3v) is 6.11. The van der Waals surface area contributed by atoms with Crippen molar-refractivity contribution in [3.05, 3.63) is 33.4 Å². The number of hydrogen-bond donors (Lipinski definition) is 1. The molecule has 0 aliphatic carbocycles. The summed E-state index contributed by atoms with van der Waals surface area (Å²) in [5, 5.41) is 1.68. The van der Waals surface area contributed by atoms with Crippen LogP contribution in [-0.4, -0.2) is 14.7 Å². The van der Waals surface area contributed by atoms with E-state index in [1.165, 1.54) is 6.26 Å². The number of anilines is 1.